The minimum atomic E-state index is -0.320. The van der Waals surface area contributed by atoms with Crippen molar-refractivity contribution in [3.63, 3.8) is 0 Å². The minimum absolute atomic E-state index is 0.156. The van der Waals surface area contributed by atoms with Gasteiger partial charge in [0.15, 0.2) is 11.6 Å². The van der Waals surface area contributed by atoms with E-state index in [1.807, 2.05) is 18.2 Å². The van der Waals surface area contributed by atoms with Gasteiger partial charge in [-0.1, -0.05) is 30.3 Å². The first-order valence-corrected chi connectivity index (χ1v) is 8.92. The number of benzene rings is 2. The molecule has 2 heterocycles. The molecule has 1 aliphatic heterocycles. The molecule has 1 N–H and O–H groups in total. The van der Waals surface area contributed by atoms with Gasteiger partial charge in [0.1, 0.15) is 5.82 Å². The number of amides is 1. The van der Waals surface area contributed by atoms with E-state index in [4.69, 9.17) is 0 Å². The Balaban J connectivity index is 1.44. The second-order valence-corrected chi connectivity index (χ2v) is 6.51. The van der Waals surface area contributed by atoms with Gasteiger partial charge in [-0.15, -0.1) is 10.2 Å². The number of fused-ring (bicyclic) bond motifs is 1. The van der Waals surface area contributed by atoms with E-state index in [-0.39, 0.29) is 18.1 Å². The number of rotatable bonds is 4. The van der Waals surface area contributed by atoms with E-state index < -0.39 is 0 Å². The fourth-order valence-electron chi connectivity index (χ4n) is 3.28. The van der Waals surface area contributed by atoms with Crippen LogP contribution in [-0.4, -0.2) is 22.6 Å². The zero-order chi connectivity index (χ0) is 18.6. The van der Waals surface area contributed by atoms with Gasteiger partial charge < -0.3 is 10.2 Å². The number of halogens is 1. The Kier molecular flexibility index (Phi) is 4.78. The van der Waals surface area contributed by atoms with Gasteiger partial charge in [0, 0.05) is 12.2 Å². The molecule has 0 spiro atoms. The molecule has 5 nitrogen and oxygen atoms in total. The van der Waals surface area contributed by atoms with Crippen molar-refractivity contribution in [2.24, 2.45) is 0 Å². The molecule has 1 aromatic heterocycles. The van der Waals surface area contributed by atoms with Gasteiger partial charge in [0.2, 0.25) is 5.91 Å². The van der Waals surface area contributed by atoms with E-state index in [1.54, 1.807) is 18.2 Å². The number of aryl methyl sites for hydroxylation is 1. The number of carbonyl (C=O) groups is 1. The summed E-state index contributed by atoms with van der Waals surface area (Å²) in [6.45, 7) is 0.891. The summed E-state index contributed by atoms with van der Waals surface area (Å²) in [6.07, 6.45) is 2.29. The van der Waals surface area contributed by atoms with E-state index in [2.05, 4.69) is 32.5 Å². The summed E-state index contributed by atoms with van der Waals surface area (Å²) in [5.41, 5.74) is 3.21. The second-order valence-electron chi connectivity index (χ2n) is 6.51. The molecule has 0 aliphatic carbocycles. The Labute approximate surface area is 156 Å². The quantitative estimate of drug-likeness (QED) is 0.765. The fourth-order valence-corrected chi connectivity index (χ4v) is 3.28. The Morgan fingerprint density at radius 1 is 1.04 bits per heavy atom. The van der Waals surface area contributed by atoms with E-state index in [0.717, 1.165) is 36.5 Å². The predicted molar refractivity (Wildman–Crippen MR) is 103 cm³/mol. The zero-order valence-corrected chi connectivity index (χ0v) is 14.7. The third kappa shape index (κ3) is 3.95. The van der Waals surface area contributed by atoms with Crippen LogP contribution in [0.25, 0.3) is 0 Å². The van der Waals surface area contributed by atoms with Crippen LogP contribution >= 0.6 is 0 Å². The van der Waals surface area contributed by atoms with Crippen molar-refractivity contribution in [3.05, 3.63) is 77.6 Å². The van der Waals surface area contributed by atoms with Crippen LogP contribution < -0.4 is 10.2 Å². The SMILES string of the molecule is O=C(Cc1ccc(F)cc1)Nc1ccc(N2CCCc3ccccc32)nn1. The summed E-state index contributed by atoms with van der Waals surface area (Å²) in [5.74, 6) is 0.627. The lowest BCUT2D eigenvalue weighted by Crippen LogP contribution is -2.25. The van der Waals surface area contributed by atoms with Crippen molar-refractivity contribution in [2.75, 3.05) is 16.8 Å². The highest BCUT2D eigenvalue weighted by molar-refractivity contribution is 5.91. The highest BCUT2D eigenvalue weighted by atomic mass is 19.1. The maximum absolute atomic E-state index is 12.9. The second kappa shape index (κ2) is 7.53. The minimum Gasteiger partial charge on any atom is -0.325 e. The summed E-state index contributed by atoms with van der Waals surface area (Å²) in [7, 11) is 0. The van der Waals surface area contributed by atoms with Gasteiger partial charge in [0.25, 0.3) is 0 Å². The van der Waals surface area contributed by atoms with Crippen molar-refractivity contribution < 1.29 is 9.18 Å². The highest BCUT2D eigenvalue weighted by Crippen LogP contribution is 2.31. The molecular weight excluding hydrogens is 343 g/mol. The maximum atomic E-state index is 12.9. The van der Waals surface area contributed by atoms with Crippen LogP contribution in [-0.2, 0) is 17.6 Å². The smallest absolute Gasteiger partial charge is 0.229 e. The molecule has 1 amide bonds. The summed E-state index contributed by atoms with van der Waals surface area (Å²) in [4.78, 5) is 14.3. The molecule has 0 unspecified atom stereocenters. The number of nitrogens with one attached hydrogen (secondary N) is 1. The van der Waals surface area contributed by atoms with Crippen LogP contribution in [0.3, 0.4) is 0 Å². The molecule has 4 rings (SSSR count). The average molecular weight is 362 g/mol. The van der Waals surface area contributed by atoms with Crippen LogP contribution in [0.2, 0.25) is 0 Å². The maximum Gasteiger partial charge on any atom is 0.229 e. The number of anilines is 3. The Morgan fingerprint density at radius 2 is 1.85 bits per heavy atom. The molecule has 0 saturated carbocycles. The number of hydrogen-bond donors (Lipinski definition) is 1. The van der Waals surface area contributed by atoms with Gasteiger partial charge in [-0.25, -0.2) is 4.39 Å². The van der Waals surface area contributed by atoms with E-state index >= 15 is 0 Å². The highest BCUT2D eigenvalue weighted by Gasteiger charge is 2.19. The normalized spacial score (nSPS) is 13.1. The first kappa shape index (κ1) is 17.1. The summed E-state index contributed by atoms with van der Waals surface area (Å²) < 4.78 is 12.9. The number of carbonyl (C=O) groups excluding carboxylic acids is 1. The van der Waals surface area contributed by atoms with Crippen molar-refractivity contribution in [2.45, 2.75) is 19.3 Å². The van der Waals surface area contributed by atoms with Gasteiger partial charge in [-0.05, 0) is 54.3 Å². The topological polar surface area (TPSA) is 58.1 Å². The summed E-state index contributed by atoms with van der Waals surface area (Å²) in [6, 6.07) is 17.8. The molecule has 3 aromatic rings. The van der Waals surface area contributed by atoms with Crippen molar-refractivity contribution >= 4 is 23.2 Å². The lowest BCUT2D eigenvalue weighted by Gasteiger charge is -2.29. The largest absolute Gasteiger partial charge is 0.325 e. The number of para-hydroxylation sites is 1. The number of hydrogen-bond acceptors (Lipinski definition) is 4. The Morgan fingerprint density at radius 3 is 2.63 bits per heavy atom. The number of aromatic nitrogens is 2. The van der Waals surface area contributed by atoms with Crippen LogP contribution in [0.4, 0.5) is 21.7 Å². The zero-order valence-electron chi connectivity index (χ0n) is 14.7. The lowest BCUT2D eigenvalue weighted by atomic mass is 10.0. The van der Waals surface area contributed by atoms with Crippen molar-refractivity contribution in [1.82, 2.24) is 10.2 Å². The van der Waals surface area contributed by atoms with Crippen LogP contribution in [0.15, 0.2) is 60.7 Å². The summed E-state index contributed by atoms with van der Waals surface area (Å²) in [5, 5.41) is 11.2. The molecule has 6 heteroatoms. The molecule has 136 valence electrons. The standard InChI is InChI=1S/C21H19FN4O/c22-17-9-7-15(8-10-17)14-21(27)23-19-11-12-20(25-24-19)26-13-3-5-16-4-1-2-6-18(16)26/h1-2,4,6-12H,3,5,13-14H2,(H,23,24,27). The third-order valence-corrected chi connectivity index (χ3v) is 4.58. The molecule has 1 aliphatic rings. The first-order chi connectivity index (χ1) is 13.2. The lowest BCUT2D eigenvalue weighted by molar-refractivity contribution is -0.115. The third-order valence-electron chi connectivity index (χ3n) is 4.58. The van der Waals surface area contributed by atoms with Gasteiger partial charge >= 0.3 is 0 Å². The van der Waals surface area contributed by atoms with E-state index in [1.165, 1.54) is 17.7 Å². The van der Waals surface area contributed by atoms with Gasteiger partial charge in [-0.3, -0.25) is 4.79 Å². The Bertz CT molecular complexity index is 941. The predicted octanol–water partition coefficient (Wildman–Crippen LogP) is 3.88. The molecular formula is C21H19FN4O. The fraction of sp³-hybridized carbons (Fsp3) is 0.190. The average Bonchev–Trinajstić information content (AvgIpc) is 2.70. The summed E-state index contributed by atoms with van der Waals surface area (Å²) >= 11 is 0. The first-order valence-electron chi connectivity index (χ1n) is 8.92. The molecule has 0 atom stereocenters. The molecule has 0 bridgehead atoms. The number of nitrogens with zero attached hydrogens (tertiary/aromatic N) is 3. The van der Waals surface area contributed by atoms with E-state index in [0.29, 0.717) is 5.82 Å². The van der Waals surface area contributed by atoms with Crippen LogP contribution in [0.1, 0.15) is 17.5 Å². The van der Waals surface area contributed by atoms with E-state index in [9.17, 15) is 9.18 Å². The monoisotopic (exact) mass is 362 g/mol. The Hall–Kier alpha value is -3.28. The van der Waals surface area contributed by atoms with Gasteiger partial charge in [0.05, 0.1) is 6.42 Å². The molecule has 27 heavy (non-hydrogen) atoms. The van der Waals surface area contributed by atoms with Crippen LogP contribution in [0, 0.1) is 5.82 Å². The molecule has 0 saturated heterocycles. The molecule has 0 fully saturated rings. The van der Waals surface area contributed by atoms with Gasteiger partial charge in [-0.2, -0.15) is 0 Å². The molecule has 0 radical (unpaired) electrons. The van der Waals surface area contributed by atoms with Crippen LogP contribution in [0.5, 0.6) is 0 Å². The van der Waals surface area contributed by atoms with Crippen molar-refractivity contribution in [1.29, 1.82) is 0 Å². The molecule has 2 aromatic carbocycles. The van der Waals surface area contributed by atoms with Crippen molar-refractivity contribution in [3.8, 4) is 0 Å².